The van der Waals surface area contributed by atoms with Crippen LogP contribution in [-0.4, -0.2) is 30.5 Å². The molecule has 0 aliphatic rings. The van der Waals surface area contributed by atoms with Crippen LogP contribution in [0.5, 0.6) is 0 Å². The number of pyridine rings is 1. The summed E-state index contributed by atoms with van der Waals surface area (Å²) in [5, 5.41) is 3.20. The molecule has 0 saturated carbocycles. The number of amides is 1. The molecular formula is C13H22N4O. The van der Waals surface area contributed by atoms with Crippen molar-refractivity contribution >= 4 is 17.3 Å². The molecule has 0 bridgehead atoms. The van der Waals surface area contributed by atoms with Gasteiger partial charge in [-0.15, -0.1) is 0 Å². The van der Waals surface area contributed by atoms with E-state index in [2.05, 4.69) is 24.1 Å². The van der Waals surface area contributed by atoms with Gasteiger partial charge in [0.1, 0.15) is 0 Å². The molecular weight excluding hydrogens is 228 g/mol. The van der Waals surface area contributed by atoms with E-state index in [9.17, 15) is 4.79 Å². The minimum atomic E-state index is -0.329. The van der Waals surface area contributed by atoms with Gasteiger partial charge in [0.05, 0.1) is 30.3 Å². The van der Waals surface area contributed by atoms with Crippen molar-refractivity contribution in [1.82, 2.24) is 4.98 Å². The number of nitrogens with zero attached hydrogens (tertiary/aromatic N) is 2. The van der Waals surface area contributed by atoms with Crippen LogP contribution in [0.15, 0.2) is 18.5 Å². The van der Waals surface area contributed by atoms with E-state index in [0.29, 0.717) is 5.92 Å². The molecule has 5 nitrogen and oxygen atoms in total. The van der Waals surface area contributed by atoms with Crippen LogP contribution in [0.3, 0.4) is 0 Å². The fourth-order valence-corrected chi connectivity index (χ4v) is 1.79. The Bertz CT molecular complexity index is 392. The van der Waals surface area contributed by atoms with Gasteiger partial charge < -0.3 is 16.0 Å². The average molecular weight is 250 g/mol. The lowest BCUT2D eigenvalue weighted by atomic mass is 10.2. The van der Waals surface area contributed by atoms with Crippen molar-refractivity contribution in [3.05, 3.63) is 18.5 Å². The van der Waals surface area contributed by atoms with E-state index in [0.717, 1.165) is 24.5 Å². The van der Waals surface area contributed by atoms with Crippen molar-refractivity contribution < 1.29 is 4.79 Å². The molecule has 0 aliphatic heterocycles. The average Bonchev–Trinajstić information content (AvgIpc) is 2.28. The quantitative estimate of drug-likeness (QED) is 0.768. The predicted molar refractivity (Wildman–Crippen MR) is 74.6 cm³/mol. The summed E-state index contributed by atoms with van der Waals surface area (Å²) in [5.74, 6) is 0.122. The third kappa shape index (κ3) is 4.61. The molecule has 1 aromatic heterocycles. The fraction of sp³-hybridized carbons (Fsp3) is 0.538. The molecule has 0 aliphatic carbocycles. The molecule has 1 aromatic rings. The van der Waals surface area contributed by atoms with Crippen molar-refractivity contribution in [3.8, 4) is 0 Å². The number of anilines is 2. The maximum absolute atomic E-state index is 11.1. The van der Waals surface area contributed by atoms with E-state index in [1.807, 2.05) is 17.9 Å². The number of carbonyl (C=O) groups is 1. The molecule has 18 heavy (non-hydrogen) atoms. The second-order valence-electron chi connectivity index (χ2n) is 4.70. The first-order chi connectivity index (χ1) is 8.52. The maximum atomic E-state index is 11.1. The highest BCUT2D eigenvalue weighted by molar-refractivity contribution is 5.79. The minimum Gasteiger partial charge on any atom is -0.384 e. The highest BCUT2D eigenvalue weighted by Gasteiger charge is 2.12. The number of hydrogen-bond acceptors (Lipinski definition) is 4. The Balaban J connectivity index is 2.88. The lowest BCUT2D eigenvalue weighted by molar-refractivity contribution is -0.116. The van der Waals surface area contributed by atoms with Crippen molar-refractivity contribution in [2.24, 2.45) is 11.7 Å². The maximum Gasteiger partial charge on any atom is 0.236 e. The van der Waals surface area contributed by atoms with Crippen LogP contribution in [0.25, 0.3) is 0 Å². The summed E-state index contributed by atoms with van der Waals surface area (Å²) in [6.07, 6.45) is 3.52. The summed E-state index contributed by atoms with van der Waals surface area (Å²) < 4.78 is 0. The van der Waals surface area contributed by atoms with E-state index in [4.69, 9.17) is 5.73 Å². The van der Waals surface area contributed by atoms with Crippen molar-refractivity contribution in [1.29, 1.82) is 0 Å². The Labute approximate surface area is 108 Å². The highest BCUT2D eigenvalue weighted by atomic mass is 16.1. The van der Waals surface area contributed by atoms with E-state index < -0.39 is 0 Å². The fourth-order valence-electron chi connectivity index (χ4n) is 1.79. The Hall–Kier alpha value is -1.78. The van der Waals surface area contributed by atoms with Crippen LogP contribution < -0.4 is 16.0 Å². The summed E-state index contributed by atoms with van der Waals surface area (Å²) in [5.41, 5.74) is 7.16. The molecule has 0 atom stereocenters. The van der Waals surface area contributed by atoms with Gasteiger partial charge in [0.15, 0.2) is 0 Å². The summed E-state index contributed by atoms with van der Waals surface area (Å²) in [6, 6.07) is 1.99. The van der Waals surface area contributed by atoms with Gasteiger partial charge in [-0.1, -0.05) is 13.8 Å². The molecule has 0 radical (unpaired) electrons. The Morgan fingerprint density at radius 3 is 2.78 bits per heavy atom. The van der Waals surface area contributed by atoms with Crippen molar-refractivity contribution in [2.75, 3.05) is 29.9 Å². The lowest BCUT2D eigenvalue weighted by Crippen LogP contribution is -2.36. The topological polar surface area (TPSA) is 71.2 Å². The summed E-state index contributed by atoms with van der Waals surface area (Å²) in [6.45, 7) is 8.08. The van der Waals surface area contributed by atoms with E-state index in [1.165, 1.54) is 0 Å². The van der Waals surface area contributed by atoms with Gasteiger partial charge in [-0.3, -0.25) is 9.78 Å². The molecule has 0 unspecified atom stereocenters. The summed E-state index contributed by atoms with van der Waals surface area (Å²) in [4.78, 5) is 17.3. The van der Waals surface area contributed by atoms with Crippen LogP contribution in [0.1, 0.15) is 20.8 Å². The van der Waals surface area contributed by atoms with E-state index in [1.54, 1.807) is 12.4 Å². The SMILES string of the molecule is CCNc1cncc(N(CC(N)=O)CC(C)C)c1. The van der Waals surface area contributed by atoms with Crippen LogP contribution in [0.2, 0.25) is 0 Å². The second kappa shape index (κ2) is 6.83. The zero-order valence-corrected chi connectivity index (χ0v) is 11.3. The number of rotatable bonds is 7. The number of primary amides is 1. The van der Waals surface area contributed by atoms with Crippen LogP contribution in [0, 0.1) is 5.92 Å². The van der Waals surface area contributed by atoms with Crippen LogP contribution in [-0.2, 0) is 4.79 Å². The van der Waals surface area contributed by atoms with Gasteiger partial charge in [0, 0.05) is 13.1 Å². The first-order valence-corrected chi connectivity index (χ1v) is 6.25. The number of hydrogen-bond donors (Lipinski definition) is 2. The molecule has 5 heteroatoms. The van der Waals surface area contributed by atoms with Gasteiger partial charge in [0.2, 0.25) is 5.91 Å². The molecule has 1 amide bonds. The molecule has 1 rings (SSSR count). The normalized spacial score (nSPS) is 10.4. The van der Waals surface area contributed by atoms with Crippen LogP contribution in [0.4, 0.5) is 11.4 Å². The highest BCUT2D eigenvalue weighted by Crippen LogP contribution is 2.18. The van der Waals surface area contributed by atoms with Gasteiger partial charge in [0.25, 0.3) is 0 Å². The van der Waals surface area contributed by atoms with Gasteiger partial charge >= 0.3 is 0 Å². The summed E-state index contributed by atoms with van der Waals surface area (Å²) >= 11 is 0. The predicted octanol–water partition coefficient (Wildman–Crippen LogP) is 1.46. The number of aromatic nitrogens is 1. The van der Waals surface area contributed by atoms with Crippen molar-refractivity contribution in [3.63, 3.8) is 0 Å². The molecule has 0 aromatic carbocycles. The first kappa shape index (κ1) is 14.3. The van der Waals surface area contributed by atoms with Crippen molar-refractivity contribution in [2.45, 2.75) is 20.8 Å². The zero-order chi connectivity index (χ0) is 13.5. The third-order valence-electron chi connectivity index (χ3n) is 2.40. The Morgan fingerprint density at radius 2 is 2.22 bits per heavy atom. The molecule has 0 spiro atoms. The third-order valence-corrected chi connectivity index (χ3v) is 2.40. The molecule has 1 heterocycles. The Morgan fingerprint density at radius 1 is 1.50 bits per heavy atom. The van der Waals surface area contributed by atoms with Gasteiger partial charge in [-0.25, -0.2) is 0 Å². The second-order valence-corrected chi connectivity index (χ2v) is 4.70. The van der Waals surface area contributed by atoms with E-state index in [-0.39, 0.29) is 12.5 Å². The molecule has 3 N–H and O–H groups in total. The standard InChI is InChI=1S/C13H22N4O/c1-4-16-11-5-12(7-15-6-11)17(8-10(2)3)9-13(14)18/h5-7,10,16H,4,8-9H2,1-3H3,(H2,14,18). The molecule has 100 valence electrons. The van der Waals surface area contributed by atoms with Crippen LogP contribution >= 0.6 is 0 Å². The smallest absolute Gasteiger partial charge is 0.236 e. The number of nitrogens with two attached hydrogens (primary N) is 1. The first-order valence-electron chi connectivity index (χ1n) is 6.25. The van der Waals surface area contributed by atoms with E-state index >= 15 is 0 Å². The van der Waals surface area contributed by atoms with Gasteiger partial charge in [-0.05, 0) is 18.9 Å². The Kier molecular flexibility index (Phi) is 5.42. The number of carbonyl (C=O) groups excluding carboxylic acids is 1. The lowest BCUT2D eigenvalue weighted by Gasteiger charge is -2.25. The van der Waals surface area contributed by atoms with Gasteiger partial charge in [-0.2, -0.15) is 0 Å². The largest absolute Gasteiger partial charge is 0.384 e. The molecule has 0 fully saturated rings. The summed E-state index contributed by atoms with van der Waals surface area (Å²) in [7, 11) is 0. The monoisotopic (exact) mass is 250 g/mol. The number of nitrogens with one attached hydrogen (secondary N) is 1. The molecule has 0 saturated heterocycles. The minimum absolute atomic E-state index is 0.218. The zero-order valence-electron chi connectivity index (χ0n) is 11.3.